The molecule has 4 amide bonds. The van der Waals surface area contributed by atoms with Crippen LogP contribution in [-0.4, -0.2) is 61.0 Å². The average Bonchev–Trinajstić information content (AvgIpc) is 3.89. The summed E-state index contributed by atoms with van der Waals surface area (Å²) in [6.45, 7) is 3.39. The number of amides is 4. The van der Waals surface area contributed by atoms with Gasteiger partial charge in [0.1, 0.15) is 29.6 Å². The summed E-state index contributed by atoms with van der Waals surface area (Å²) >= 11 is 7.83. The van der Waals surface area contributed by atoms with Gasteiger partial charge in [0.2, 0.25) is 23.6 Å². The van der Waals surface area contributed by atoms with Crippen LogP contribution in [0.1, 0.15) is 55.6 Å². The molecule has 12 nitrogen and oxygen atoms in total. The Morgan fingerprint density at radius 3 is 2.61 bits per heavy atom. The summed E-state index contributed by atoms with van der Waals surface area (Å²) in [6.07, 6.45) is 2.31. The molecule has 14 heteroatoms. The van der Waals surface area contributed by atoms with Crippen molar-refractivity contribution in [3.8, 4) is 10.6 Å². The third-order valence-corrected chi connectivity index (χ3v) is 13.0. The van der Waals surface area contributed by atoms with Gasteiger partial charge in [-0.2, -0.15) is 5.10 Å². The largest absolute Gasteiger partial charge is 0.481 e. The fourth-order valence-electron chi connectivity index (χ4n) is 9.06. The van der Waals surface area contributed by atoms with Crippen LogP contribution in [0.2, 0.25) is 5.02 Å². The lowest BCUT2D eigenvalue weighted by molar-refractivity contribution is -0.142. The van der Waals surface area contributed by atoms with E-state index in [4.69, 9.17) is 26.2 Å². The fraction of sp³-hybridized carbons (Fsp3) is 0.405. The van der Waals surface area contributed by atoms with Gasteiger partial charge in [0.15, 0.2) is 0 Å². The minimum absolute atomic E-state index is 0.00195. The number of likely N-dealkylation sites (tertiary alicyclic amines) is 1. The summed E-state index contributed by atoms with van der Waals surface area (Å²) in [6, 6.07) is 10.8. The number of furan rings is 1. The molecule has 8 rings (SSSR count). The van der Waals surface area contributed by atoms with Gasteiger partial charge in [-0.15, -0.1) is 11.3 Å². The molecule has 2 N–H and O–H groups in total. The van der Waals surface area contributed by atoms with Crippen molar-refractivity contribution in [2.24, 2.45) is 36.1 Å². The van der Waals surface area contributed by atoms with Crippen molar-refractivity contribution in [3.05, 3.63) is 70.2 Å². The number of rotatable bonds is 8. The molecule has 0 radical (unpaired) electrons. The molecular formula is C37H35ClN4O8S. The van der Waals surface area contributed by atoms with Crippen molar-refractivity contribution >= 4 is 68.4 Å². The number of carbonyl (C=O) groups is 5. The summed E-state index contributed by atoms with van der Waals surface area (Å²) in [7, 11) is 1.69. The molecule has 3 fully saturated rings. The van der Waals surface area contributed by atoms with Gasteiger partial charge in [-0.3, -0.25) is 33.6 Å². The van der Waals surface area contributed by atoms with E-state index in [2.05, 4.69) is 0 Å². The van der Waals surface area contributed by atoms with Gasteiger partial charge in [0, 0.05) is 35.8 Å². The summed E-state index contributed by atoms with van der Waals surface area (Å²) in [5.41, 5.74) is 1.03. The number of anilines is 1. The number of nitrogens with zero attached hydrogens (tertiary/aromatic N) is 4. The van der Waals surface area contributed by atoms with Crippen LogP contribution in [0.15, 0.2) is 52.5 Å². The highest BCUT2D eigenvalue weighted by molar-refractivity contribution is 7.22. The molecule has 0 spiro atoms. The van der Waals surface area contributed by atoms with Gasteiger partial charge in [-0.05, 0) is 80.3 Å². The van der Waals surface area contributed by atoms with Gasteiger partial charge in [0.25, 0.3) is 0 Å². The molecule has 0 bridgehead atoms. The van der Waals surface area contributed by atoms with Gasteiger partial charge in [0.05, 0.1) is 34.0 Å². The van der Waals surface area contributed by atoms with Crippen molar-refractivity contribution in [1.82, 2.24) is 14.7 Å². The van der Waals surface area contributed by atoms with Crippen molar-refractivity contribution in [1.29, 1.82) is 0 Å². The topological polar surface area (TPSA) is 163 Å². The zero-order valence-electron chi connectivity index (χ0n) is 28.1. The van der Waals surface area contributed by atoms with Crippen LogP contribution in [-0.2, 0) is 37.6 Å². The Hall–Kier alpha value is -4.59. The summed E-state index contributed by atoms with van der Waals surface area (Å²) < 4.78 is 8.66. The minimum Gasteiger partial charge on any atom is -0.481 e. The number of carboxylic acid groups (broad SMARTS) is 1. The van der Waals surface area contributed by atoms with Crippen LogP contribution < -0.4 is 4.90 Å². The third kappa shape index (κ3) is 4.88. The van der Waals surface area contributed by atoms with E-state index in [0.717, 1.165) is 26.1 Å². The Labute approximate surface area is 301 Å². The zero-order valence-corrected chi connectivity index (χ0v) is 29.7. The van der Waals surface area contributed by atoms with E-state index < -0.39 is 52.8 Å². The molecule has 1 saturated carbocycles. The highest BCUT2D eigenvalue weighted by Crippen LogP contribution is 2.63. The first-order valence-electron chi connectivity index (χ1n) is 16.9. The second-order valence-electron chi connectivity index (χ2n) is 14.2. The number of benzene rings is 1. The maximum absolute atomic E-state index is 14.9. The lowest BCUT2D eigenvalue weighted by Crippen LogP contribution is -2.48. The molecule has 5 heterocycles. The van der Waals surface area contributed by atoms with E-state index in [-0.39, 0.29) is 50.6 Å². The second kappa shape index (κ2) is 12.0. The normalized spacial score (nSPS) is 27.3. The number of aliphatic hydroxyl groups is 1. The van der Waals surface area contributed by atoms with Gasteiger partial charge in [-0.25, -0.2) is 4.90 Å². The Morgan fingerprint density at radius 2 is 1.88 bits per heavy atom. The number of allylic oxidation sites excluding steroid dienone is 2. The van der Waals surface area contributed by atoms with Crippen LogP contribution in [0, 0.1) is 36.0 Å². The van der Waals surface area contributed by atoms with Gasteiger partial charge in [-0.1, -0.05) is 23.3 Å². The van der Waals surface area contributed by atoms with Crippen LogP contribution in [0.5, 0.6) is 0 Å². The van der Waals surface area contributed by atoms with E-state index in [1.807, 2.05) is 31.2 Å². The first kappa shape index (κ1) is 33.5. The Morgan fingerprint density at radius 1 is 1.10 bits per heavy atom. The summed E-state index contributed by atoms with van der Waals surface area (Å²) in [5.74, 6) is -5.15. The van der Waals surface area contributed by atoms with Crippen LogP contribution in [0.25, 0.3) is 20.7 Å². The number of halogens is 1. The number of thiophene rings is 1. The highest BCUT2D eigenvalue weighted by Gasteiger charge is 2.68. The SMILES string of the molecule is Cc1c(-c2cc(N3C(=O)C4CC5C(=CCC6C(=O)N(CCCC(=O)O)C(=O)C65)C(c5ccc(CO)o5)C4(C)C3=O)n(C)n2)sc2ccc(Cl)cc12. The quantitative estimate of drug-likeness (QED) is 0.177. The lowest BCUT2D eigenvalue weighted by atomic mass is 9.52. The molecule has 264 valence electrons. The van der Waals surface area contributed by atoms with Crippen LogP contribution >= 0.6 is 22.9 Å². The maximum atomic E-state index is 14.9. The molecule has 4 aromatic rings. The van der Waals surface area contributed by atoms with E-state index in [0.29, 0.717) is 28.1 Å². The smallest absolute Gasteiger partial charge is 0.303 e. The van der Waals surface area contributed by atoms with Crippen molar-refractivity contribution in [2.45, 2.75) is 52.1 Å². The molecule has 2 aliphatic carbocycles. The molecular weight excluding hydrogens is 696 g/mol. The van der Waals surface area contributed by atoms with E-state index in [9.17, 15) is 29.1 Å². The number of hydrogen-bond donors (Lipinski definition) is 2. The predicted octanol–water partition coefficient (Wildman–Crippen LogP) is 5.44. The third-order valence-electron chi connectivity index (χ3n) is 11.5. The number of carbonyl (C=O) groups excluding carboxylic acids is 4. The summed E-state index contributed by atoms with van der Waals surface area (Å²) in [5, 5.41) is 25.4. The Bertz CT molecular complexity index is 2220. The maximum Gasteiger partial charge on any atom is 0.303 e. The Balaban J connectivity index is 1.20. The van der Waals surface area contributed by atoms with E-state index >= 15 is 0 Å². The average molecular weight is 731 g/mol. The second-order valence-corrected chi connectivity index (χ2v) is 15.6. The number of fused-ring (bicyclic) bond motifs is 5. The zero-order chi connectivity index (χ0) is 36.1. The predicted molar refractivity (Wildman–Crippen MR) is 187 cm³/mol. The van der Waals surface area contributed by atoms with Crippen molar-refractivity contribution in [2.75, 3.05) is 11.4 Å². The van der Waals surface area contributed by atoms with Crippen LogP contribution in [0.4, 0.5) is 5.82 Å². The van der Waals surface area contributed by atoms with Crippen LogP contribution in [0.3, 0.4) is 0 Å². The number of aliphatic carboxylic acids is 1. The molecule has 2 aliphatic heterocycles. The highest BCUT2D eigenvalue weighted by atomic mass is 35.5. The van der Waals surface area contributed by atoms with E-state index in [1.54, 1.807) is 43.5 Å². The Kier molecular flexibility index (Phi) is 7.89. The number of imide groups is 2. The number of hydrogen-bond acceptors (Lipinski definition) is 9. The minimum atomic E-state index is -1.32. The molecule has 6 unspecified atom stereocenters. The number of aryl methyl sites for hydroxylation is 2. The molecule has 3 aromatic heterocycles. The first-order chi connectivity index (χ1) is 24.3. The molecule has 6 atom stereocenters. The van der Waals surface area contributed by atoms with E-state index in [1.165, 1.54) is 14.5 Å². The van der Waals surface area contributed by atoms with Gasteiger partial charge < -0.3 is 14.6 Å². The monoisotopic (exact) mass is 730 g/mol. The fourth-order valence-corrected chi connectivity index (χ4v) is 10.4. The lowest BCUT2D eigenvalue weighted by Gasteiger charge is -2.48. The van der Waals surface area contributed by atoms with Gasteiger partial charge >= 0.3 is 5.97 Å². The standard InChI is InChI=1S/C37H35ClN4O8S/c1-17-22-13-18(38)6-11-27(22)51-32(17)25-15-28(40(3)39-25)42-34(47)24-14-23-20(31(37(24,2)36(42)49)26-10-7-19(16-43)50-26)8-9-21-30(23)35(48)41(33(21)46)12-4-5-29(44)45/h6-8,10-11,13,15,21,23-24,30-31,43H,4-5,9,12,14,16H2,1-3H3,(H,44,45). The molecule has 2 saturated heterocycles. The molecule has 4 aliphatic rings. The number of carboxylic acids is 1. The first-order valence-corrected chi connectivity index (χ1v) is 18.1. The van der Waals surface area contributed by atoms with Crippen molar-refractivity contribution < 1.29 is 38.6 Å². The molecule has 1 aromatic carbocycles. The molecule has 51 heavy (non-hydrogen) atoms. The van der Waals surface area contributed by atoms with Crippen molar-refractivity contribution in [3.63, 3.8) is 0 Å². The number of aromatic nitrogens is 2. The number of aliphatic hydroxyl groups excluding tert-OH is 1. The summed E-state index contributed by atoms with van der Waals surface area (Å²) in [4.78, 5) is 71.5.